The van der Waals surface area contributed by atoms with Gasteiger partial charge in [-0.1, -0.05) is 42.8 Å². The van der Waals surface area contributed by atoms with Gasteiger partial charge in [0, 0.05) is 43.7 Å². The predicted octanol–water partition coefficient (Wildman–Crippen LogP) is 6.14. The molecule has 0 bridgehead atoms. The molecule has 1 unspecified atom stereocenters. The van der Waals surface area contributed by atoms with Crippen LogP contribution in [0.1, 0.15) is 46.4 Å². The van der Waals surface area contributed by atoms with Crippen molar-refractivity contribution in [1.82, 2.24) is 14.5 Å². The van der Waals surface area contributed by atoms with Gasteiger partial charge in [0.2, 0.25) is 5.91 Å². The van der Waals surface area contributed by atoms with Gasteiger partial charge >= 0.3 is 0 Å². The highest BCUT2D eigenvalue weighted by molar-refractivity contribution is 6.31. The SMILES string of the molecule is Cc1cnc(-c2cccc(C(=O)N(C)C)c2F)cc1-n1c(C)cc(C(C)CC(=O)Nc2ccccc2)c(Cl)c1=O. The first-order chi connectivity index (χ1) is 19.0. The quantitative estimate of drug-likeness (QED) is 0.294. The second-order valence-electron chi connectivity index (χ2n) is 9.94. The minimum atomic E-state index is -0.691. The Balaban J connectivity index is 1.70. The number of nitrogens with one attached hydrogen (secondary N) is 1. The summed E-state index contributed by atoms with van der Waals surface area (Å²) in [4.78, 5) is 44.3. The van der Waals surface area contributed by atoms with E-state index in [9.17, 15) is 14.4 Å². The fourth-order valence-electron chi connectivity index (χ4n) is 4.55. The van der Waals surface area contributed by atoms with Crippen molar-refractivity contribution in [3.63, 3.8) is 0 Å². The van der Waals surface area contributed by atoms with Crippen LogP contribution in [-0.4, -0.2) is 40.4 Å². The maximum Gasteiger partial charge on any atom is 0.274 e. The maximum atomic E-state index is 15.4. The molecule has 0 radical (unpaired) electrons. The molecule has 2 aromatic carbocycles. The van der Waals surface area contributed by atoms with Gasteiger partial charge in [0.05, 0.1) is 16.9 Å². The van der Waals surface area contributed by atoms with Crippen LogP contribution in [0.5, 0.6) is 0 Å². The Labute approximate surface area is 237 Å². The van der Waals surface area contributed by atoms with E-state index in [2.05, 4.69) is 10.3 Å². The smallest absolute Gasteiger partial charge is 0.274 e. The number of aromatic nitrogens is 2. The molecule has 206 valence electrons. The maximum absolute atomic E-state index is 15.4. The van der Waals surface area contributed by atoms with Crippen LogP contribution in [0.2, 0.25) is 5.02 Å². The lowest BCUT2D eigenvalue weighted by molar-refractivity contribution is -0.116. The molecule has 0 saturated carbocycles. The van der Waals surface area contributed by atoms with Crippen molar-refractivity contribution in [1.29, 1.82) is 0 Å². The van der Waals surface area contributed by atoms with E-state index in [-0.39, 0.29) is 40.1 Å². The van der Waals surface area contributed by atoms with E-state index >= 15 is 4.39 Å². The fraction of sp³-hybridized carbons (Fsp3) is 0.226. The Bertz CT molecular complexity index is 1650. The van der Waals surface area contributed by atoms with Gasteiger partial charge < -0.3 is 10.2 Å². The van der Waals surface area contributed by atoms with Crippen LogP contribution >= 0.6 is 11.6 Å². The molecular weight excluding hydrogens is 531 g/mol. The number of aryl methyl sites for hydroxylation is 2. The monoisotopic (exact) mass is 560 g/mol. The van der Waals surface area contributed by atoms with E-state index < -0.39 is 17.3 Å². The second-order valence-corrected chi connectivity index (χ2v) is 10.3. The van der Waals surface area contributed by atoms with Crippen molar-refractivity contribution < 1.29 is 14.0 Å². The van der Waals surface area contributed by atoms with E-state index in [0.717, 1.165) is 0 Å². The molecule has 2 aromatic heterocycles. The van der Waals surface area contributed by atoms with Crippen LogP contribution in [0.15, 0.2) is 71.7 Å². The zero-order chi connectivity index (χ0) is 29.1. The minimum absolute atomic E-state index is 0.00753. The van der Waals surface area contributed by atoms with Crippen molar-refractivity contribution in [2.24, 2.45) is 0 Å². The van der Waals surface area contributed by atoms with Gasteiger partial charge in [-0.05, 0) is 67.3 Å². The molecule has 40 heavy (non-hydrogen) atoms. The highest BCUT2D eigenvalue weighted by Crippen LogP contribution is 2.30. The number of carbonyl (C=O) groups excluding carboxylic acids is 2. The van der Waals surface area contributed by atoms with E-state index in [4.69, 9.17) is 11.6 Å². The molecule has 0 aliphatic rings. The number of rotatable bonds is 7. The summed E-state index contributed by atoms with van der Waals surface area (Å²) in [5, 5.41) is 2.86. The average molecular weight is 561 g/mol. The van der Waals surface area contributed by atoms with Crippen molar-refractivity contribution in [2.75, 3.05) is 19.4 Å². The Morgan fingerprint density at radius 3 is 2.45 bits per heavy atom. The third-order valence-corrected chi connectivity index (χ3v) is 7.05. The zero-order valence-electron chi connectivity index (χ0n) is 23.0. The van der Waals surface area contributed by atoms with Crippen molar-refractivity contribution >= 4 is 29.1 Å². The molecule has 2 amide bonds. The summed E-state index contributed by atoms with van der Waals surface area (Å²) in [5.41, 5.74) is 2.89. The topological polar surface area (TPSA) is 84.3 Å². The fourth-order valence-corrected chi connectivity index (χ4v) is 4.88. The summed E-state index contributed by atoms with van der Waals surface area (Å²) in [6, 6.07) is 17.1. The molecule has 0 aliphatic carbocycles. The van der Waals surface area contributed by atoms with Gasteiger partial charge in [0.1, 0.15) is 10.8 Å². The Hall–Kier alpha value is -4.30. The molecule has 0 saturated heterocycles. The number of halogens is 2. The molecule has 2 heterocycles. The number of hydrogen-bond donors (Lipinski definition) is 1. The van der Waals surface area contributed by atoms with E-state index in [0.29, 0.717) is 28.2 Å². The molecule has 1 N–H and O–H groups in total. The Morgan fingerprint density at radius 2 is 1.77 bits per heavy atom. The summed E-state index contributed by atoms with van der Waals surface area (Å²) >= 11 is 6.60. The van der Waals surface area contributed by atoms with Crippen molar-refractivity contribution in [3.8, 4) is 16.9 Å². The zero-order valence-corrected chi connectivity index (χ0v) is 23.7. The summed E-state index contributed by atoms with van der Waals surface area (Å²) in [5.74, 6) is -1.67. The third-order valence-electron chi connectivity index (χ3n) is 6.67. The molecule has 0 fully saturated rings. The summed E-state index contributed by atoms with van der Waals surface area (Å²) in [6.45, 7) is 5.41. The standard InChI is InChI=1S/C31H30ClFN4O3/c1-18(14-27(38)35-21-10-7-6-8-11-21)24-15-20(3)37(31(40)28(24)32)26-16-25(34-17-19(26)2)22-12-9-13-23(29(22)33)30(39)36(4)5/h6-13,15-18H,14H2,1-5H3,(H,35,38). The lowest BCUT2D eigenvalue weighted by Crippen LogP contribution is -2.25. The first kappa shape index (κ1) is 28.7. The number of hydrogen-bond acceptors (Lipinski definition) is 4. The summed E-state index contributed by atoms with van der Waals surface area (Å²) in [6.07, 6.45) is 1.69. The third kappa shape index (κ3) is 5.82. The van der Waals surface area contributed by atoms with Gasteiger partial charge in [-0.3, -0.25) is 23.9 Å². The number of amides is 2. The highest BCUT2D eigenvalue weighted by Gasteiger charge is 2.22. The number of anilines is 1. The van der Waals surface area contributed by atoms with Gasteiger partial charge in [-0.25, -0.2) is 4.39 Å². The lowest BCUT2D eigenvalue weighted by Gasteiger charge is -2.19. The number of para-hydroxylation sites is 1. The van der Waals surface area contributed by atoms with Crippen LogP contribution in [-0.2, 0) is 4.79 Å². The van der Waals surface area contributed by atoms with Gasteiger partial charge in [0.25, 0.3) is 11.5 Å². The number of carbonyl (C=O) groups is 2. The number of nitrogens with zero attached hydrogens (tertiary/aromatic N) is 3. The van der Waals surface area contributed by atoms with Crippen LogP contribution in [0.3, 0.4) is 0 Å². The predicted molar refractivity (Wildman–Crippen MR) is 156 cm³/mol. The van der Waals surface area contributed by atoms with Gasteiger partial charge in [-0.2, -0.15) is 0 Å². The normalized spacial score (nSPS) is 11.7. The van der Waals surface area contributed by atoms with Crippen LogP contribution in [0.25, 0.3) is 16.9 Å². The van der Waals surface area contributed by atoms with Gasteiger partial charge in [-0.15, -0.1) is 0 Å². The molecule has 9 heteroatoms. The van der Waals surface area contributed by atoms with Crippen LogP contribution in [0.4, 0.5) is 10.1 Å². The van der Waals surface area contributed by atoms with Crippen LogP contribution < -0.4 is 10.9 Å². The molecular formula is C31H30ClFN4O3. The second kappa shape index (κ2) is 11.8. The summed E-state index contributed by atoms with van der Waals surface area (Å²) in [7, 11) is 3.10. The highest BCUT2D eigenvalue weighted by atomic mass is 35.5. The Kier molecular flexibility index (Phi) is 8.49. The molecule has 4 aromatic rings. The van der Waals surface area contributed by atoms with Gasteiger partial charge in [0.15, 0.2) is 0 Å². The van der Waals surface area contributed by atoms with Crippen molar-refractivity contribution in [2.45, 2.75) is 33.1 Å². The first-order valence-corrected chi connectivity index (χ1v) is 13.1. The van der Waals surface area contributed by atoms with E-state index in [1.54, 1.807) is 64.5 Å². The average Bonchev–Trinajstić information content (AvgIpc) is 2.92. The Morgan fingerprint density at radius 1 is 1.07 bits per heavy atom. The van der Waals surface area contributed by atoms with Crippen LogP contribution in [0, 0.1) is 19.7 Å². The molecule has 1 atom stereocenters. The molecule has 7 nitrogen and oxygen atoms in total. The molecule has 0 aliphatic heterocycles. The van der Waals surface area contributed by atoms with E-state index in [1.165, 1.54) is 21.6 Å². The number of benzene rings is 2. The lowest BCUT2D eigenvalue weighted by atomic mass is 9.97. The van der Waals surface area contributed by atoms with Crippen molar-refractivity contribution in [3.05, 3.63) is 110 Å². The number of pyridine rings is 2. The largest absolute Gasteiger partial charge is 0.345 e. The minimum Gasteiger partial charge on any atom is -0.345 e. The summed E-state index contributed by atoms with van der Waals surface area (Å²) < 4.78 is 16.9. The van der Waals surface area contributed by atoms with E-state index in [1.807, 2.05) is 25.1 Å². The molecule has 0 spiro atoms. The molecule has 4 rings (SSSR count). The first-order valence-electron chi connectivity index (χ1n) is 12.7.